The van der Waals surface area contributed by atoms with Crippen LogP contribution in [0.15, 0.2) is 41.0 Å². The van der Waals surface area contributed by atoms with E-state index in [0.717, 1.165) is 4.47 Å². The van der Waals surface area contributed by atoms with Gasteiger partial charge in [-0.25, -0.2) is 4.79 Å². The molecular weight excluding hydrogens is 332 g/mol. The van der Waals surface area contributed by atoms with Crippen LogP contribution >= 0.6 is 27.5 Å². The fraction of sp³-hybridized carbons (Fsp3) is 0.0769. The van der Waals surface area contributed by atoms with Crippen LogP contribution in [0.5, 0.6) is 0 Å². The lowest BCUT2D eigenvalue weighted by Gasteiger charge is -2.07. The van der Waals surface area contributed by atoms with Crippen molar-refractivity contribution in [1.29, 1.82) is 0 Å². The number of carbonyl (C=O) groups is 1. The van der Waals surface area contributed by atoms with Crippen molar-refractivity contribution in [2.24, 2.45) is 0 Å². The molecule has 0 saturated carbocycles. The fourth-order valence-electron chi connectivity index (χ4n) is 1.42. The van der Waals surface area contributed by atoms with Gasteiger partial charge in [-0.05, 0) is 40.2 Å². The van der Waals surface area contributed by atoms with Crippen molar-refractivity contribution in [3.8, 4) is 0 Å². The molecule has 98 valence electrons. The summed E-state index contributed by atoms with van der Waals surface area (Å²) in [5, 5.41) is 0.330. The van der Waals surface area contributed by atoms with Crippen LogP contribution in [0.3, 0.4) is 0 Å². The maximum absolute atomic E-state index is 11.9. The number of aromatic nitrogens is 1. The van der Waals surface area contributed by atoms with Gasteiger partial charge in [-0.2, -0.15) is 0 Å². The van der Waals surface area contributed by atoms with Crippen molar-refractivity contribution in [1.82, 2.24) is 4.98 Å². The van der Waals surface area contributed by atoms with Gasteiger partial charge in [-0.15, -0.1) is 0 Å². The lowest BCUT2D eigenvalue weighted by Crippen LogP contribution is -2.09. The van der Waals surface area contributed by atoms with Gasteiger partial charge in [-0.3, -0.25) is 4.98 Å². The number of ether oxygens (including phenoxy) is 1. The quantitative estimate of drug-likeness (QED) is 0.686. The molecule has 2 rings (SSSR count). The molecule has 0 unspecified atom stereocenters. The molecule has 0 amide bonds. The molecule has 1 aromatic heterocycles. The Kier molecular flexibility index (Phi) is 4.39. The molecule has 0 aliphatic heterocycles. The molecule has 0 radical (unpaired) electrons. The minimum absolute atomic E-state index is 0.0814. The van der Waals surface area contributed by atoms with Gasteiger partial charge in [0.05, 0.1) is 22.0 Å². The zero-order valence-electron chi connectivity index (χ0n) is 9.77. The second kappa shape index (κ2) is 6.04. The summed E-state index contributed by atoms with van der Waals surface area (Å²) in [7, 11) is 0. The molecule has 6 heteroatoms. The average molecular weight is 342 g/mol. The molecule has 1 aromatic carbocycles. The molecule has 1 heterocycles. The average Bonchev–Trinajstić information content (AvgIpc) is 2.41. The second-order valence-electron chi connectivity index (χ2n) is 3.74. The Balaban J connectivity index is 2.05. The van der Waals surface area contributed by atoms with E-state index in [1.807, 2.05) is 6.07 Å². The van der Waals surface area contributed by atoms with Gasteiger partial charge in [0.2, 0.25) is 0 Å². The number of halogens is 2. The van der Waals surface area contributed by atoms with Crippen LogP contribution in [0.25, 0.3) is 0 Å². The van der Waals surface area contributed by atoms with Crippen molar-refractivity contribution < 1.29 is 9.53 Å². The first-order valence-corrected chi connectivity index (χ1v) is 6.56. The first-order chi connectivity index (χ1) is 9.08. The highest BCUT2D eigenvalue weighted by Crippen LogP contribution is 2.23. The third kappa shape index (κ3) is 3.45. The van der Waals surface area contributed by atoms with Gasteiger partial charge in [0.1, 0.15) is 6.61 Å². The number of pyridine rings is 1. The van der Waals surface area contributed by atoms with E-state index in [1.54, 1.807) is 30.5 Å². The Labute approximate surface area is 123 Å². The van der Waals surface area contributed by atoms with Gasteiger partial charge in [0, 0.05) is 10.7 Å². The molecule has 0 atom stereocenters. The van der Waals surface area contributed by atoms with Crippen molar-refractivity contribution in [3.63, 3.8) is 0 Å². The highest BCUT2D eigenvalue weighted by molar-refractivity contribution is 9.10. The van der Waals surface area contributed by atoms with Crippen molar-refractivity contribution in [2.75, 3.05) is 5.73 Å². The van der Waals surface area contributed by atoms with E-state index in [0.29, 0.717) is 10.7 Å². The minimum atomic E-state index is -0.523. The van der Waals surface area contributed by atoms with E-state index in [4.69, 9.17) is 22.1 Å². The number of anilines is 1. The number of nitrogen functional groups attached to an aromatic ring is 1. The summed E-state index contributed by atoms with van der Waals surface area (Å²) < 4.78 is 6.00. The third-order valence-corrected chi connectivity index (χ3v) is 3.21. The predicted octanol–water partition coefficient (Wildman–Crippen LogP) is 3.44. The number of carbonyl (C=O) groups excluding carboxylic acids is 1. The first-order valence-electron chi connectivity index (χ1n) is 5.39. The molecule has 0 saturated heterocycles. The molecular formula is C13H10BrClN2O2. The van der Waals surface area contributed by atoms with E-state index in [2.05, 4.69) is 20.9 Å². The lowest BCUT2D eigenvalue weighted by molar-refractivity contribution is 0.0469. The summed E-state index contributed by atoms with van der Waals surface area (Å²) in [4.78, 5) is 16.0. The van der Waals surface area contributed by atoms with Crippen LogP contribution in [0.1, 0.15) is 16.1 Å². The van der Waals surface area contributed by atoms with E-state index in [9.17, 15) is 4.79 Å². The second-order valence-corrected chi connectivity index (χ2v) is 5.07. The number of rotatable bonds is 3. The zero-order valence-corrected chi connectivity index (χ0v) is 12.1. The van der Waals surface area contributed by atoms with Crippen molar-refractivity contribution in [3.05, 3.63) is 57.3 Å². The molecule has 0 aliphatic rings. The van der Waals surface area contributed by atoms with Crippen molar-refractivity contribution in [2.45, 2.75) is 6.61 Å². The maximum atomic E-state index is 11.9. The molecule has 2 aromatic rings. The Hall–Kier alpha value is -1.59. The molecule has 0 fully saturated rings. The summed E-state index contributed by atoms with van der Waals surface area (Å²) in [6.07, 6.45) is 1.64. The number of hydrogen-bond acceptors (Lipinski definition) is 4. The Bertz CT molecular complexity index is 602. The lowest BCUT2D eigenvalue weighted by atomic mass is 10.2. The number of nitrogens with zero attached hydrogens (tertiary/aromatic N) is 1. The molecule has 0 aliphatic carbocycles. The maximum Gasteiger partial charge on any atom is 0.340 e. The van der Waals surface area contributed by atoms with E-state index >= 15 is 0 Å². The summed E-state index contributed by atoms with van der Waals surface area (Å²) in [5.41, 5.74) is 6.84. The van der Waals surface area contributed by atoms with E-state index < -0.39 is 5.97 Å². The number of nitrogens with two attached hydrogens (primary N) is 1. The zero-order chi connectivity index (χ0) is 13.8. The topological polar surface area (TPSA) is 65.2 Å². The molecule has 0 spiro atoms. The molecule has 0 bridgehead atoms. The van der Waals surface area contributed by atoms with Crippen LogP contribution in [0.4, 0.5) is 5.69 Å². The number of benzene rings is 1. The Morgan fingerprint density at radius 1 is 1.37 bits per heavy atom. The smallest absolute Gasteiger partial charge is 0.340 e. The van der Waals surface area contributed by atoms with Gasteiger partial charge in [-0.1, -0.05) is 17.7 Å². The van der Waals surface area contributed by atoms with Gasteiger partial charge in [0.15, 0.2) is 0 Å². The normalized spacial score (nSPS) is 10.2. The summed E-state index contributed by atoms with van der Waals surface area (Å²) in [6, 6.07) is 8.41. The minimum Gasteiger partial charge on any atom is -0.456 e. The molecule has 2 N–H and O–H groups in total. The Morgan fingerprint density at radius 2 is 2.16 bits per heavy atom. The number of hydrogen-bond donors (Lipinski definition) is 1. The van der Waals surface area contributed by atoms with Gasteiger partial charge < -0.3 is 10.5 Å². The SMILES string of the molecule is Nc1c(Cl)cccc1C(=O)OCc1ccc(Br)cn1. The van der Waals surface area contributed by atoms with Crippen LogP contribution in [0, 0.1) is 0 Å². The molecule has 19 heavy (non-hydrogen) atoms. The monoisotopic (exact) mass is 340 g/mol. The van der Waals surface area contributed by atoms with Gasteiger partial charge >= 0.3 is 5.97 Å². The third-order valence-electron chi connectivity index (χ3n) is 2.41. The standard InChI is InChI=1S/C13H10BrClN2O2/c14-8-4-5-9(17-6-8)7-19-13(18)10-2-1-3-11(15)12(10)16/h1-6H,7,16H2. The number of esters is 1. The van der Waals surface area contributed by atoms with Crippen LogP contribution < -0.4 is 5.73 Å². The fourth-order valence-corrected chi connectivity index (χ4v) is 1.83. The van der Waals surface area contributed by atoms with Gasteiger partial charge in [0.25, 0.3) is 0 Å². The van der Waals surface area contributed by atoms with Crippen LogP contribution in [0.2, 0.25) is 5.02 Å². The highest BCUT2D eigenvalue weighted by Gasteiger charge is 2.13. The molecule has 4 nitrogen and oxygen atoms in total. The predicted molar refractivity (Wildman–Crippen MR) is 76.9 cm³/mol. The largest absolute Gasteiger partial charge is 0.456 e. The van der Waals surface area contributed by atoms with Crippen LogP contribution in [-0.2, 0) is 11.3 Å². The summed E-state index contributed by atoms with van der Waals surface area (Å²) >= 11 is 9.12. The Morgan fingerprint density at radius 3 is 2.84 bits per heavy atom. The first kappa shape index (κ1) is 13.8. The highest BCUT2D eigenvalue weighted by atomic mass is 79.9. The summed E-state index contributed by atoms with van der Waals surface area (Å²) in [5.74, 6) is -0.523. The van der Waals surface area contributed by atoms with E-state index in [1.165, 1.54) is 0 Å². The van der Waals surface area contributed by atoms with Crippen molar-refractivity contribution >= 4 is 39.2 Å². The van der Waals surface area contributed by atoms with E-state index in [-0.39, 0.29) is 17.9 Å². The summed E-state index contributed by atoms with van der Waals surface area (Å²) in [6.45, 7) is 0.0814. The van der Waals surface area contributed by atoms with Crippen LogP contribution in [-0.4, -0.2) is 11.0 Å². The number of para-hydroxylation sites is 1.